The van der Waals surface area contributed by atoms with E-state index in [0.29, 0.717) is 19.0 Å². The lowest BCUT2D eigenvalue weighted by molar-refractivity contribution is 0.164. The van der Waals surface area contributed by atoms with Crippen molar-refractivity contribution in [1.29, 1.82) is 0 Å². The number of aliphatic hydroxyl groups is 1. The lowest BCUT2D eigenvalue weighted by atomic mass is 10.0. The highest BCUT2D eigenvalue weighted by Gasteiger charge is 2.19. The summed E-state index contributed by atoms with van der Waals surface area (Å²) in [6.07, 6.45) is 0. The molecule has 0 saturated heterocycles. The highest BCUT2D eigenvalue weighted by atomic mass is 16.6. The van der Waals surface area contributed by atoms with Gasteiger partial charge in [0.15, 0.2) is 11.5 Å². The first-order chi connectivity index (χ1) is 6.74. The van der Waals surface area contributed by atoms with E-state index in [9.17, 15) is 5.11 Å². The lowest BCUT2D eigenvalue weighted by Gasteiger charge is -2.23. The third-order valence-electron chi connectivity index (χ3n) is 2.57. The van der Waals surface area contributed by atoms with Crippen LogP contribution in [0.2, 0.25) is 0 Å². The van der Waals surface area contributed by atoms with Crippen LogP contribution < -0.4 is 9.47 Å². The summed E-state index contributed by atoms with van der Waals surface area (Å²) in [5, 5.41) is 9.17. The fraction of sp³-hybridized carbons (Fsp3) is 0.455. The zero-order valence-electron chi connectivity index (χ0n) is 8.46. The summed E-state index contributed by atoms with van der Waals surface area (Å²) in [5.41, 5.74) is 3.03. The van der Waals surface area contributed by atoms with Crippen LogP contribution in [0.4, 0.5) is 0 Å². The minimum atomic E-state index is -0.00713. The molecule has 1 aliphatic heterocycles. The van der Waals surface area contributed by atoms with Gasteiger partial charge in [-0.25, -0.2) is 0 Å². The van der Waals surface area contributed by atoms with E-state index >= 15 is 0 Å². The van der Waals surface area contributed by atoms with Gasteiger partial charge in [0, 0.05) is 5.56 Å². The molecular weight excluding hydrogens is 180 g/mol. The molecule has 0 aromatic heterocycles. The second kappa shape index (κ2) is 3.50. The fourth-order valence-corrected chi connectivity index (χ4v) is 1.67. The van der Waals surface area contributed by atoms with Crippen LogP contribution in [-0.2, 0) is 6.61 Å². The van der Waals surface area contributed by atoms with Crippen LogP contribution >= 0.6 is 0 Å². The highest BCUT2D eigenvalue weighted by molar-refractivity contribution is 5.55. The van der Waals surface area contributed by atoms with E-state index in [4.69, 9.17) is 9.47 Å². The van der Waals surface area contributed by atoms with Crippen molar-refractivity contribution in [3.63, 3.8) is 0 Å². The number of fused-ring (bicyclic) bond motifs is 1. The van der Waals surface area contributed by atoms with Crippen LogP contribution in [0.5, 0.6) is 11.5 Å². The molecule has 0 unspecified atom stereocenters. The minimum Gasteiger partial charge on any atom is -0.486 e. The molecule has 1 N–H and O–H groups in total. The van der Waals surface area contributed by atoms with Crippen LogP contribution in [-0.4, -0.2) is 18.3 Å². The fourth-order valence-electron chi connectivity index (χ4n) is 1.67. The highest BCUT2D eigenvalue weighted by Crippen LogP contribution is 2.38. The Morgan fingerprint density at radius 3 is 2.50 bits per heavy atom. The Balaban J connectivity index is 2.60. The number of benzene rings is 1. The topological polar surface area (TPSA) is 38.7 Å². The number of aliphatic hydroxyl groups excluding tert-OH is 1. The lowest BCUT2D eigenvalue weighted by Crippen LogP contribution is -2.18. The van der Waals surface area contributed by atoms with Gasteiger partial charge in [0.25, 0.3) is 0 Å². The average Bonchev–Trinajstić information content (AvgIpc) is 2.23. The zero-order chi connectivity index (χ0) is 10.1. The second-order valence-corrected chi connectivity index (χ2v) is 3.49. The van der Waals surface area contributed by atoms with E-state index in [2.05, 4.69) is 0 Å². The van der Waals surface area contributed by atoms with Gasteiger partial charge in [0.1, 0.15) is 13.2 Å². The molecule has 0 aliphatic carbocycles. The maximum absolute atomic E-state index is 9.17. The van der Waals surface area contributed by atoms with Crippen molar-refractivity contribution in [3.05, 3.63) is 22.8 Å². The molecule has 1 aromatic carbocycles. The van der Waals surface area contributed by atoms with Crippen molar-refractivity contribution >= 4 is 0 Å². The molecule has 1 aromatic rings. The molecular formula is C11H14O3. The van der Waals surface area contributed by atoms with E-state index in [1.807, 2.05) is 19.9 Å². The first-order valence-electron chi connectivity index (χ1n) is 4.73. The Bertz CT molecular complexity index is 358. The summed E-state index contributed by atoms with van der Waals surface area (Å²) in [5.74, 6) is 1.50. The van der Waals surface area contributed by atoms with Gasteiger partial charge >= 0.3 is 0 Å². The SMILES string of the molecule is Cc1cc(CO)c2c(c1C)OCCO2. The van der Waals surface area contributed by atoms with Crippen molar-refractivity contribution < 1.29 is 14.6 Å². The smallest absolute Gasteiger partial charge is 0.167 e. The van der Waals surface area contributed by atoms with Crippen molar-refractivity contribution in [2.45, 2.75) is 20.5 Å². The van der Waals surface area contributed by atoms with Crippen LogP contribution in [0, 0.1) is 13.8 Å². The summed E-state index contributed by atoms with van der Waals surface area (Å²) in [4.78, 5) is 0. The molecule has 0 spiro atoms. The van der Waals surface area contributed by atoms with E-state index in [1.165, 1.54) is 0 Å². The van der Waals surface area contributed by atoms with Gasteiger partial charge in [-0.2, -0.15) is 0 Å². The number of hydrogen-bond acceptors (Lipinski definition) is 3. The molecule has 1 heterocycles. The molecule has 3 heteroatoms. The monoisotopic (exact) mass is 194 g/mol. The standard InChI is InChI=1S/C11H14O3/c1-7-5-9(6-12)11-10(8(7)2)13-3-4-14-11/h5,12H,3-4,6H2,1-2H3. The van der Waals surface area contributed by atoms with Crippen molar-refractivity contribution in [2.75, 3.05) is 13.2 Å². The van der Waals surface area contributed by atoms with Gasteiger partial charge in [0.05, 0.1) is 6.61 Å². The third kappa shape index (κ3) is 1.34. The predicted octanol–water partition coefficient (Wildman–Crippen LogP) is 1.57. The molecule has 0 bridgehead atoms. The Labute approximate surface area is 83.3 Å². The van der Waals surface area contributed by atoms with Gasteiger partial charge in [-0.15, -0.1) is 0 Å². The van der Waals surface area contributed by atoms with Crippen LogP contribution in [0.1, 0.15) is 16.7 Å². The van der Waals surface area contributed by atoms with Gasteiger partial charge in [0.2, 0.25) is 0 Å². The normalized spacial score (nSPS) is 14.2. The second-order valence-electron chi connectivity index (χ2n) is 3.49. The summed E-state index contributed by atoms with van der Waals surface area (Å²) in [6.45, 7) is 5.15. The Hall–Kier alpha value is -1.22. The van der Waals surface area contributed by atoms with E-state index in [0.717, 1.165) is 22.4 Å². The van der Waals surface area contributed by atoms with E-state index < -0.39 is 0 Å². The van der Waals surface area contributed by atoms with Crippen LogP contribution in [0.15, 0.2) is 6.07 Å². The number of hydrogen-bond donors (Lipinski definition) is 1. The maximum atomic E-state index is 9.17. The first-order valence-corrected chi connectivity index (χ1v) is 4.73. The predicted molar refractivity (Wildman–Crippen MR) is 52.8 cm³/mol. The minimum absolute atomic E-state index is 0.00713. The van der Waals surface area contributed by atoms with Crippen molar-refractivity contribution in [2.24, 2.45) is 0 Å². The summed E-state index contributed by atoms with van der Waals surface area (Å²) >= 11 is 0. The largest absolute Gasteiger partial charge is 0.486 e. The summed E-state index contributed by atoms with van der Waals surface area (Å²) in [7, 11) is 0. The Kier molecular flexibility index (Phi) is 2.33. The maximum Gasteiger partial charge on any atom is 0.167 e. The number of aryl methyl sites for hydroxylation is 1. The Morgan fingerprint density at radius 1 is 1.21 bits per heavy atom. The van der Waals surface area contributed by atoms with Gasteiger partial charge in [-0.05, 0) is 31.0 Å². The molecule has 1 aliphatic rings. The van der Waals surface area contributed by atoms with E-state index in [1.54, 1.807) is 0 Å². The van der Waals surface area contributed by atoms with Gasteiger partial charge in [-0.1, -0.05) is 0 Å². The first kappa shape index (κ1) is 9.34. The molecule has 0 atom stereocenters. The summed E-state index contributed by atoms with van der Waals surface area (Å²) < 4.78 is 11.0. The van der Waals surface area contributed by atoms with Crippen molar-refractivity contribution in [3.8, 4) is 11.5 Å². The Morgan fingerprint density at radius 2 is 1.86 bits per heavy atom. The van der Waals surface area contributed by atoms with Crippen molar-refractivity contribution in [1.82, 2.24) is 0 Å². The van der Waals surface area contributed by atoms with Crippen LogP contribution in [0.3, 0.4) is 0 Å². The molecule has 0 fully saturated rings. The molecule has 2 rings (SSSR count). The third-order valence-corrected chi connectivity index (χ3v) is 2.57. The molecule has 14 heavy (non-hydrogen) atoms. The van der Waals surface area contributed by atoms with Gasteiger partial charge < -0.3 is 14.6 Å². The average molecular weight is 194 g/mol. The number of rotatable bonds is 1. The van der Waals surface area contributed by atoms with Crippen LogP contribution in [0.25, 0.3) is 0 Å². The summed E-state index contributed by atoms with van der Waals surface area (Å²) in [6, 6.07) is 1.95. The molecule has 0 amide bonds. The quantitative estimate of drug-likeness (QED) is 0.737. The number of ether oxygens (including phenoxy) is 2. The molecule has 0 saturated carbocycles. The zero-order valence-corrected chi connectivity index (χ0v) is 8.46. The molecule has 76 valence electrons. The molecule has 3 nitrogen and oxygen atoms in total. The van der Waals surface area contributed by atoms with E-state index in [-0.39, 0.29) is 6.61 Å². The van der Waals surface area contributed by atoms with Gasteiger partial charge in [-0.3, -0.25) is 0 Å². The molecule has 0 radical (unpaired) electrons.